The summed E-state index contributed by atoms with van der Waals surface area (Å²) in [5, 5.41) is 3.62. The fourth-order valence-electron chi connectivity index (χ4n) is 2.11. The van der Waals surface area contributed by atoms with Gasteiger partial charge >= 0.3 is 6.18 Å². The second kappa shape index (κ2) is 7.88. The molecular formula is C17H12F3N3OS2. The van der Waals surface area contributed by atoms with Crippen molar-refractivity contribution in [2.24, 2.45) is 5.10 Å². The number of nitrogens with one attached hydrogen (secondary N) is 1. The largest absolute Gasteiger partial charge is 0.417 e. The van der Waals surface area contributed by atoms with Gasteiger partial charge in [0.2, 0.25) is 0 Å². The lowest BCUT2D eigenvalue weighted by atomic mass is 10.1. The molecule has 0 aliphatic rings. The van der Waals surface area contributed by atoms with E-state index in [1.165, 1.54) is 41.3 Å². The summed E-state index contributed by atoms with van der Waals surface area (Å²) < 4.78 is 40.4. The molecule has 0 aliphatic carbocycles. The van der Waals surface area contributed by atoms with Crippen LogP contribution in [-0.2, 0) is 11.0 Å². The molecule has 1 heterocycles. The molecule has 0 saturated heterocycles. The highest BCUT2D eigenvalue weighted by Crippen LogP contribution is 2.31. The van der Waals surface area contributed by atoms with E-state index in [4.69, 9.17) is 0 Å². The minimum Gasteiger partial charge on any atom is -0.272 e. The summed E-state index contributed by atoms with van der Waals surface area (Å²) in [6, 6.07) is 12.7. The van der Waals surface area contributed by atoms with Gasteiger partial charge in [0.05, 0.1) is 27.7 Å². The predicted molar refractivity (Wildman–Crippen MR) is 97.5 cm³/mol. The van der Waals surface area contributed by atoms with Crippen molar-refractivity contribution in [1.82, 2.24) is 10.4 Å². The van der Waals surface area contributed by atoms with Gasteiger partial charge in [-0.2, -0.15) is 18.3 Å². The van der Waals surface area contributed by atoms with Crippen LogP contribution >= 0.6 is 23.1 Å². The summed E-state index contributed by atoms with van der Waals surface area (Å²) in [6.07, 6.45) is -3.49. The highest BCUT2D eigenvalue weighted by molar-refractivity contribution is 8.01. The number of thioether (sulfide) groups is 1. The number of carbonyl (C=O) groups is 1. The van der Waals surface area contributed by atoms with Crippen molar-refractivity contribution < 1.29 is 18.0 Å². The van der Waals surface area contributed by atoms with Crippen LogP contribution in [0, 0.1) is 0 Å². The molecule has 0 aliphatic heterocycles. The van der Waals surface area contributed by atoms with Crippen LogP contribution in [0.2, 0.25) is 0 Å². The first-order chi connectivity index (χ1) is 12.4. The number of rotatable bonds is 5. The summed E-state index contributed by atoms with van der Waals surface area (Å²) in [4.78, 5) is 16.2. The molecule has 134 valence electrons. The highest BCUT2D eigenvalue weighted by atomic mass is 32.2. The van der Waals surface area contributed by atoms with Crippen LogP contribution in [0.4, 0.5) is 13.2 Å². The third kappa shape index (κ3) is 4.61. The molecule has 0 spiro atoms. The van der Waals surface area contributed by atoms with Gasteiger partial charge in [0.1, 0.15) is 0 Å². The Kier molecular flexibility index (Phi) is 5.58. The minimum atomic E-state index is -4.48. The summed E-state index contributed by atoms with van der Waals surface area (Å²) in [7, 11) is 0. The highest BCUT2D eigenvalue weighted by Gasteiger charge is 2.32. The Hall–Kier alpha value is -2.39. The lowest BCUT2D eigenvalue weighted by molar-refractivity contribution is -0.137. The maximum atomic E-state index is 12.9. The molecule has 0 unspecified atom stereocenters. The molecule has 3 aromatic rings. The zero-order chi connectivity index (χ0) is 18.6. The SMILES string of the molecule is O=C(CSc1nc2ccccc2s1)N/N=C/c1ccccc1C(F)(F)F. The zero-order valence-corrected chi connectivity index (χ0v) is 14.8. The zero-order valence-electron chi connectivity index (χ0n) is 13.2. The lowest BCUT2D eigenvalue weighted by Gasteiger charge is -2.09. The van der Waals surface area contributed by atoms with Crippen LogP contribution in [0.5, 0.6) is 0 Å². The third-order valence-electron chi connectivity index (χ3n) is 3.26. The van der Waals surface area contributed by atoms with Crippen LogP contribution in [-0.4, -0.2) is 22.9 Å². The standard InChI is InChI=1S/C17H12F3N3OS2/c18-17(19,20)12-6-2-1-5-11(12)9-21-23-15(24)10-25-16-22-13-7-3-4-8-14(13)26-16/h1-9H,10H2,(H,23,24)/b21-9+. The van der Waals surface area contributed by atoms with Crippen molar-refractivity contribution in [2.45, 2.75) is 10.5 Å². The Morgan fingerprint density at radius 1 is 1.19 bits per heavy atom. The van der Waals surface area contributed by atoms with Gasteiger partial charge in [0, 0.05) is 5.56 Å². The smallest absolute Gasteiger partial charge is 0.272 e. The number of halogens is 3. The molecule has 1 N–H and O–H groups in total. The van der Waals surface area contributed by atoms with Crippen LogP contribution < -0.4 is 5.43 Å². The fourth-order valence-corrected chi connectivity index (χ4v) is 3.97. The first-order valence-corrected chi connectivity index (χ1v) is 9.20. The molecule has 3 rings (SSSR count). The number of benzene rings is 2. The monoisotopic (exact) mass is 395 g/mol. The Labute approximate surface area is 155 Å². The molecule has 4 nitrogen and oxygen atoms in total. The van der Waals surface area contributed by atoms with E-state index < -0.39 is 17.6 Å². The van der Waals surface area contributed by atoms with E-state index in [-0.39, 0.29) is 11.3 Å². The predicted octanol–water partition coefficient (Wildman–Crippen LogP) is 4.56. The third-order valence-corrected chi connectivity index (χ3v) is 5.44. The molecule has 0 atom stereocenters. The Morgan fingerprint density at radius 2 is 1.92 bits per heavy atom. The van der Waals surface area contributed by atoms with Crippen molar-refractivity contribution >= 4 is 45.4 Å². The van der Waals surface area contributed by atoms with E-state index in [2.05, 4.69) is 15.5 Å². The molecule has 0 radical (unpaired) electrons. The fraction of sp³-hybridized carbons (Fsp3) is 0.118. The van der Waals surface area contributed by atoms with Crippen molar-refractivity contribution in [2.75, 3.05) is 5.75 Å². The molecular weight excluding hydrogens is 383 g/mol. The van der Waals surface area contributed by atoms with Gasteiger partial charge < -0.3 is 0 Å². The Morgan fingerprint density at radius 3 is 2.69 bits per heavy atom. The first-order valence-electron chi connectivity index (χ1n) is 7.40. The van der Waals surface area contributed by atoms with E-state index in [9.17, 15) is 18.0 Å². The van der Waals surface area contributed by atoms with Crippen molar-refractivity contribution in [3.63, 3.8) is 0 Å². The van der Waals surface area contributed by atoms with Gasteiger partial charge in [-0.25, -0.2) is 10.4 Å². The average molecular weight is 395 g/mol. The van der Waals surface area contributed by atoms with E-state index in [1.807, 2.05) is 24.3 Å². The molecule has 0 saturated carbocycles. The first kappa shape index (κ1) is 18.4. The number of hydrazone groups is 1. The molecule has 9 heteroatoms. The number of hydrogen-bond donors (Lipinski definition) is 1. The number of aromatic nitrogens is 1. The number of carbonyl (C=O) groups excluding carboxylic acids is 1. The van der Waals surface area contributed by atoms with Gasteiger partial charge in [-0.3, -0.25) is 4.79 Å². The van der Waals surface area contributed by atoms with E-state index in [0.717, 1.165) is 26.8 Å². The topological polar surface area (TPSA) is 54.4 Å². The van der Waals surface area contributed by atoms with Gasteiger partial charge in [-0.15, -0.1) is 11.3 Å². The molecule has 1 aromatic heterocycles. The normalized spacial score (nSPS) is 12.0. The van der Waals surface area contributed by atoms with Crippen molar-refractivity contribution in [3.8, 4) is 0 Å². The molecule has 0 bridgehead atoms. The molecule has 1 amide bonds. The van der Waals surface area contributed by atoms with Gasteiger partial charge in [0.15, 0.2) is 4.34 Å². The maximum absolute atomic E-state index is 12.9. The minimum absolute atomic E-state index is 0.0675. The molecule has 0 fully saturated rings. The molecule has 26 heavy (non-hydrogen) atoms. The van der Waals surface area contributed by atoms with Crippen molar-refractivity contribution in [1.29, 1.82) is 0 Å². The second-order valence-electron chi connectivity index (χ2n) is 5.11. The number of thiazole rings is 1. The van der Waals surface area contributed by atoms with Crippen LogP contribution in [0.1, 0.15) is 11.1 Å². The summed E-state index contributed by atoms with van der Waals surface area (Å²) in [6.45, 7) is 0. The van der Waals surface area contributed by atoms with Crippen LogP contribution in [0.25, 0.3) is 10.2 Å². The number of hydrogen-bond acceptors (Lipinski definition) is 5. The number of nitrogens with zero attached hydrogens (tertiary/aromatic N) is 2. The summed E-state index contributed by atoms with van der Waals surface area (Å²) >= 11 is 2.72. The van der Waals surface area contributed by atoms with Gasteiger partial charge in [-0.1, -0.05) is 42.1 Å². The summed E-state index contributed by atoms with van der Waals surface area (Å²) in [5.41, 5.74) is 2.18. The Bertz CT molecular complexity index is 921. The van der Waals surface area contributed by atoms with Crippen molar-refractivity contribution in [3.05, 3.63) is 59.7 Å². The number of para-hydroxylation sites is 1. The van der Waals surface area contributed by atoms with E-state index in [0.29, 0.717) is 0 Å². The number of fused-ring (bicyclic) bond motifs is 1. The number of amides is 1. The lowest BCUT2D eigenvalue weighted by Crippen LogP contribution is -2.20. The van der Waals surface area contributed by atoms with E-state index >= 15 is 0 Å². The average Bonchev–Trinajstić information content (AvgIpc) is 3.02. The summed E-state index contributed by atoms with van der Waals surface area (Å²) in [5.74, 6) is -0.354. The molecule has 2 aromatic carbocycles. The van der Waals surface area contributed by atoms with Crippen LogP contribution in [0.15, 0.2) is 58.0 Å². The maximum Gasteiger partial charge on any atom is 0.417 e. The van der Waals surface area contributed by atoms with Crippen LogP contribution in [0.3, 0.4) is 0 Å². The van der Waals surface area contributed by atoms with Gasteiger partial charge in [-0.05, 0) is 18.2 Å². The quantitative estimate of drug-likeness (QED) is 0.392. The van der Waals surface area contributed by atoms with E-state index in [1.54, 1.807) is 0 Å². The second-order valence-corrected chi connectivity index (χ2v) is 7.37. The Balaban J connectivity index is 1.57. The number of alkyl halides is 3. The van der Waals surface area contributed by atoms with Gasteiger partial charge in [0.25, 0.3) is 5.91 Å².